The molecule has 2 N–H and O–H groups in total. The van der Waals surface area contributed by atoms with Crippen LogP contribution in [0, 0.1) is 6.92 Å². The fraction of sp³-hybridized carbons (Fsp3) is 0.0769. The summed E-state index contributed by atoms with van der Waals surface area (Å²) in [6.07, 6.45) is 1.95. The molecule has 0 saturated heterocycles. The van der Waals surface area contributed by atoms with E-state index in [1.807, 2.05) is 47.9 Å². The fourth-order valence-corrected chi connectivity index (χ4v) is 2.68. The first-order valence-electron chi connectivity index (χ1n) is 5.58. The number of benzene rings is 1. The molecule has 3 rings (SSSR count). The smallest absolute Gasteiger partial charge is 0.200 e. The number of pyridine rings is 1. The molecule has 0 amide bonds. The molecule has 1 aromatic carbocycles. The zero-order chi connectivity index (χ0) is 12.5. The number of hydrogen-bond acceptors (Lipinski definition) is 4. The second kappa shape index (κ2) is 4.34. The molecule has 5 heteroatoms. The number of nitrogens with zero attached hydrogens (tertiary/aromatic N) is 3. The number of rotatable bonds is 2. The summed E-state index contributed by atoms with van der Waals surface area (Å²) < 4.78 is 1.95. The van der Waals surface area contributed by atoms with Crippen LogP contribution in [0.4, 0.5) is 5.69 Å². The highest BCUT2D eigenvalue weighted by Crippen LogP contribution is 2.31. The quantitative estimate of drug-likeness (QED) is 0.716. The summed E-state index contributed by atoms with van der Waals surface area (Å²) in [5, 5.41) is 9.12. The molecule has 2 aromatic heterocycles. The summed E-state index contributed by atoms with van der Waals surface area (Å²) in [6.45, 7) is 2.05. The summed E-state index contributed by atoms with van der Waals surface area (Å²) in [7, 11) is 0. The highest BCUT2D eigenvalue weighted by atomic mass is 32.2. The van der Waals surface area contributed by atoms with Crippen LogP contribution in [0.25, 0.3) is 5.65 Å². The molecule has 0 atom stereocenters. The van der Waals surface area contributed by atoms with E-state index in [1.54, 1.807) is 0 Å². The van der Waals surface area contributed by atoms with E-state index in [0.717, 1.165) is 21.4 Å². The van der Waals surface area contributed by atoms with E-state index in [2.05, 4.69) is 16.3 Å². The Bertz CT molecular complexity index is 705. The third-order valence-corrected chi connectivity index (χ3v) is 3.69. The number of aromatic nitrogens is 3. The molecule has 0 saturated carbocycles. The largest absolute Gasteiger partial charge is 0.398 e. The lowest BCUT2D eigenvalue weighted by Crippen LogP contribution is -1.91. The maximum atomic E-state index is 5.97. The predicted octanol–water partition coefficient (Wildman–Crippen LogP) is 2.77. The van der Waals surface area contributed by atoms with Crippen LogP contribution in [0.5, 0.6) is 0 Å². The number of nitrogen functional groups attached to an aromatic ring is 1. The van der Waals surface area contributed by atoms with Gasteiger partial charge in [-0.25, -0.2) is 0 Å². The normalized spacial score (nSPS) is 10.9. The van der Waals surface area contributed by atoms with Crippen LogP contribution in [0.2, 0.25) is 0 Å². The Morgan fingerprint density at radius 2 is 2.06 bits per heavy atom. The molecule has 90 valence electrons. The minimum Gasteiger partial charge on any atom is -0.398 e. The first-order chi connectivity index (χ1) is 8.74. The van der Waals surface area contributed by atoms with E-state index >= 15 is 0 Å². The number of fused-ring (bicyclic) bond motifs is 1. The first kappa shape index (κ1) is 11.1. The Morgan fingerprint density at radius 1 is 1.17 bits per heavy atom. The van der Waals surface area contributed by atoms with Gasteiger partial charge in [-0.15, -0.1) is 10.2 Å². The maximum Gasteiger partial charge on any atom is 0.200 e. The van der Waals surface area contributed by atoms with Crippen molar-refractivity contribution in [2.24, 2.45) is 0 Å². The highest BCUT2D eigenvalue weighted by Gasteiger charge is 2.08. The average Bonchev–Trinajstić information content (AvgIpc) is 2.78. The van der Waals surface area contributed by atoms with E-state index in [4.69, 9.17) is 5.73 Å². The van der Waals surface area contributed by atoms with E-state index in [9.17, 15) is 0 Å². The molecule has 0 unspecified atom stereocenters. The highest BCUT2D eigenvalue weighted by molar-refractivity contribution is 7.99. The van der Waals surface area contributed by atoms with Gasteiger partial charge >= 0.3 is 0 Å². The van der Waals surface area contributed by atoms with Crippen molar-refractivity contribution >= 4 is 23.1 Å². The zero-order valence-corrected chi connectivity index (χ0v) is 10.7. The summed E-state index contributed by atoms with van der Waals surface area (Å²) in [5.74, 6) is 0. The number of hydrogen-bond donors (Lipinski definition) is 1. The molecular formula is C13H12N4S. The summed E-state index contributed by atoms with van der Waals surface area (Å²) in [4.78, 5) is 1.01. The van der Waals surface area contributed by atoms with Crippen LogP contribution in [0.1, 0.15) is 5.56 Å². The lowest BCUT2D eigenvalue weighted by molar-refractivity contribution is 0.921. The van der Waals surface area contributed by atoms with Crippen molar-refractivity contribution in [3.63, 3.8) is 0 Å². The number of nitrogens with two attached hydrogens (primary N) is 1. The second-order valence-corrected chi connectivity index (χ2v) is 5.06. The van der Waals surface area contributed by atoms with Crippen LogP contribution in [0.3, 0.4) is 0 Å². The fourth-order valence-electron chi connectivity index (χ4n) is 1.72. The van der Waals surface area contributed by atoms with Crippen molar-refractivity contribution in [3.8, 4) is 0 Å². The van der Waals surface area contributed by atoms with Gasteiger partial charge in [0.2, 0.25) is 0 Å². The molecule has 0 aliphatic heterocycles. The molecule has 0 radical (unpaired) electrons. The molecule has 0 aliphatic carbocycles. The average molecular weight is 256 g/mol. The van der Waals surface area contributed by atoms with Crippen molar-refractivity contribution in [2.75, 3.05) is 5.73 Å². The number of anilines is 1. The Kier molecular flexibility index (Phi) is 2.68. The topological polar surface area (TPSA) is 56.2 Å². The molecule has 0 bridgehead atoms. The Labute approximate surface area is 109 Å². The molecule has 0 spiro atoms. The lowest BCUT2D eigenvalue weighted by atomic mass is 10.2. The molecule has 18 heavy (non-hydrogen) atoms. The van der Waals surface area contributed by atoms with Gasteiger partial charge in [0.15, 0.2) is 10.8 Å². The maximum absolute atomic E-state index is 5.97. The van der Waals surface area contributed by atoms with Gasteiger partial charge < -0.3 is 5.73 Å². The lowest BCUT2D eigenvalue weighted by Gasteiger charge is -2.05. The third-order valence-electron chi connectivity index (χ3n) is 2.65. The van der Waals surface area contributed by atoms with Gasteiger partial charge in [-0.05, 0) is 48.5 Å². The molecule has 0 aliphatic rings. The van der Waals surface area contributed by atoms with Crippen molar-refractivity contribution in [1.82, 2.24) is 14.6 Å². The van der Waals surface area contributed by atoms with Crippen molar-refractivity contribution < 1.29 is 0 Å². The second-order valence-electron chi connectivity index (χ2n) is 4.05. The molecule has 0 fully saturated rings. The summed E-state index contributed by atoms with van der Waals surface area (Å²) >= 11 is 1.53. The van der Waals surface area contributed by atoms with Gasteiger partial charge in [-0.2, -0.15) is 0 Å². The van der Waals surface area contributed by atoms with Gasteiger partial charge in [0.1, 0.15) is 0 Å². The summed E-state index contributed by atoms with van der Waals surface area (Å²) in [5.41, 5.74) is 8.75. The molecular weight excluding hydrogens is 244 g/mol. The minimum absolute atomic E-state index is 0.762. The van der Waals surface area contributed by atoms with Gasteiger partial charge in [-0.3, -0.25) is 4.40 Å². The van der Waals surface area contributed by atoms with Crippen LogP contribution >= 0.6 is 11.8 Å². The number of aryl methyl sites for hydroxylation is 1. The van der Waals surface area contributed by atoms with Crippen molar-refractivity contribution in [2.45, 2.75) is 17.0 Å². The van der Waals surface area contributed by atoms with E-state index in [1.165, 1.54) is 17.3 Å². The predicted molar refractivity (Wildman–Crippen MR) is 72.7 cm³/mol. The molecule has 3 aromatic rings. The van der Waals surface area contributed by atoms with Crippen LogP contribution in [-0.4, -0.2) is 14.6 Å². The Morgan fingerprint density at radius 3 is 2.94 bits per heavy atom. The summed E-state index contributed by atoms with van der Waals surface area (Å²) in [6, 6.07) is 11.8. The van der Waals surface area contributed by atoms with Crippen LogP contribution in [-0.2, 0) is 0 Å². The molecule has 4 nitrogen and oxygen atoms in total. The SMILES string of the molecule is Cc1ccc(N)c(Sc2nnc3ccccn23)c1. The Hall–Kier alpha value is -2.01. The zero-order valence-electron chi connectivity index (χ0n) is 9.87. The van der Waals surface area contributed by atoms with E-state index in [-0.39, 0.29) is 0 Å². The van der Waals surface area contributed by atoms with Crippen molar-refractivity contribution in [1.29, 1.82) is 0 Å². The van der Waals surface area contributed by atoms with Gasteiger partial charge in [0.25, 0.3) is 0 Å². The van der Waals surface area contributed by atoms with Crippen LogP contribution in [0.15, 0.2) is 52.6 Å². The van der Waals surface area contributed by atoms with Crippen LogP contribution < -0.4 is 5.73 Å². The third kappa shape index (κ3) is 1.93. The first-order valence-corrected chi connectivity index (χ1v) is 6.39. The van der Waals surface area contributed by atoms with E-state index in [0.29, 0.717) is 0 Å². The Balaban J connectivity index is 2.04. The van der Waals surface area contributed by atoms with Crippen molar-refractivity contribution in [3.05, 3.63) is 48.2 Å². The monoisotopic (exact) mass is 256 g/mol. The van der Waals surface area contributed by atoms with Gasteiger partial charge in [0.05, 0.1) is 0 Å². The van der Waals surface area contributed by atoms with Gasteiger partial charge in [-0.1, -0.05) is 12.1 Å². The van der Waals surface area contributed by atoms with E-state index < -0.39 is 0 Å². The standard InChI is InChI=1S/C13H12N4S/c1-9-5-6-10(14)11(8-9)18-13-16-15-12-4-2-3-7-17(12)13/h2-8H,14H2,1H3. The van der Waals surface area contributed by atoms with Gasteiger partial charge in [0, 0.05) is 16.8 Å². The minimum atomic E-state index is 0.762. The molecule has 2 heterocycles.